The van der Waals surface area contributed by atoms with Gasteiger partial charge in [0.1, 0.15) is 11.0 Å². The number of hydrogen-bond acceptors (Lipinski definition) is 2. The molecule has 3 nitrogen and oxygen atoms in total. The number of aromatic nitrogens is 1. The first-order chi connectivity index (χ1) is 7.49. The highest BCUT2D eigenvalue weighted by Gasteiger charge is 2.13. The van der Waals surface area contributed by atoms with E-state index in [0.717, 1.165) is 6.07 Å². The Morgan fingerprint density at radius 2 is 2.00 bits per heavy atom. The van der Waals surface area contributed by atoms with Crippen LogP contribution in [0.2, 0.25) is 10.2 Å². The molecule has 0 saturated heterocycles. The van der Waals surface area contributed by atoms with E-state index < -0.39 is 11.8 Å². The van der Waals surface area contributed by atoms with Gasteiger partial charge in [0, 0.05) is 11.5 Å². The van der Waals surface area contributed by atoms with Gasteiger partial charge in [-0.3, -0.25) is 0 Å². The largest absolute Gasteiger partial charge is 0.478 e. The van der Waals surface area contributed by atoms with Crippen LogP contribution in [0.15, 0.2) is 18.2 Å². The Labute approximate surface area is 99.4 Å². The molecule has 0 radical (unpaired) electrons. The SMILES string of the molecule is O=C(O)c1cc2cc(Cl)c(F)cc2nc1Cl. The van der Waals surface area contributed by atoms with Gasteiger partial charge in [-0.15, -0.1) is 0 Å². The summed E-state index contributed by atoms with van der Waals surface area (Å²) in [5.41, 5.74) is 0.119. The van der Waals surface area contributed by atoms with Gasteiger partial charge in [-0.05, 0) is 12.1 Å². The van der Waals surface area contributed by atoms with E-state index in [4.69, 9.17) is 28.3 Å². The highest BCUT2D eigenvalue weighted by molar-refractivity contribution is 6.33. The van der Waals surface area contributed by atoms with E-state index in [1.165, 1.54) is 12.1 Å². The van der Waals surface area contributed by atoms with Gasteiger partial charge >= 0.3 is 5.97 Å². The summed E-state index contributed by atoms with van der Waals surface area (Å²) in [5.74, 6) is -1.82. The quantitative estimate of drug-likeness (QED) is 0.799. The predicted octanol–water partition coefficient (Wildman–Crippen LogP) is 3.38. The summed E-state index contributed by atoms with van der Waals surface area (Å²) in [5, 5.41) is 8.97. The lowest BCUT2D eigenvalue weighted by atomic mass is 10.1. The maximum absolute atomic E-state index is 13.1. The number of halogens is 3. The van der Waals surface area contributed by atoms with Crippen molar-refractivity contribution in [2.75, 3.05) is 0 Å². The standard InChI is InChI=1S/C10H4Cl2FNO2/c11-6-2-4-1-5(10(15)16)9(12)14-8(4)3-7(6)13/h1-3H,(H,15,16). The maximum Gasteiger partial charge on any atom is 0.338 e. The van der Waals surface area contributed by atoms with E-state index in [-0.39, 0.29) is 21.3 Å². The predicted molar refractivity (Wildman–Crippen MR) is 58.7 cm³/mol. The second kappa shape index (κ2) is 3.88. The molecule has 2 aromatic rings. The fourth-order valence-corrected chi connectivity index (χ4v) is 1.69. The van der Waals surface area contributed by atoms with Crippen molar-refractivity contribution in [3.05, 3.63) is 39.8 Å². The first-order valence-electron chi connectivity index (χ1n) is 4.17. The van der Waals surface area contributed by atoms with Crippen LogP contribution >= 0.6 is 23.2 Å². The Morgan fingerprint density at radius 1 is 1.31 bits per heavy atom. The van der Waals surface area contributed by atoms with Gasteiger partial charge in [0.15, 0.2) is 0 Å². The zero-order chi connectivity index (χ0) is 11.9. The molecule has 0 unspecified atom stereocenters. The van der Waals surface area contributed by atoms with Gasteiger partial charge in [0.05, 0.1) is 16.1 Å². The molecule has 6 heteroatoms. The smallest absolute Gasteiger partial charge is 0.338 e. The van der Waals surface area contributed by atoms with Crippen molar-refractivity contribution in [3.8, 4) is 0 Å². The Balaban J connectivity index is 2.79. The molecule has 0 spiro atoms. The van der Waals surface area contributed by atoms with E-state index >= 15 is 0 Å². The molecular weight excluding hydrogens is 256 g/mol. The lowest BCUT2D eigenvalue weighted by Crippen LogP contribution is -1.99. The number of aromatic carboxylic acids is 1. The second-order valence-electron chi connectivity index (χ2n) is 3.09. The van der Waals surface area contributed by atoms with Gasteiger partial charge in [-0.2, -0.15) is 0 Å². The van der Waals surface area contributed by atoms with Crippen LogP contribution in [0.3, 0.4) is 0 Å². The summed E-state index contributed by atoms with van der Waals surface area (Å²) in [6.45, 7) is 0. The highest BCUT2D eigenvalue weighted by atomic mass is 35.5. The van der Waals surface area contributed by atoms with Crippen LogP contribution in [0.25, 0.3) is 10.9 Å². The van der Waals surface area contributed by atoms with Crippen LogP contribution < -0.4 is 0 Å². The summed E-state index contributed by atoms with van der Waals surface area (Å²) < 4.78 is 13.1. The lowest BCUT2D eigenvalue weighted by Gasteiger charge is -2.03. The Bertz CT molecular complexity index is 601. The average Bonchev–Trinajstić information content (AvgIpc) is 2.19. The number of carbonyl (C=O) groups is 1. The minimum atomic E-state index is -1.19. The molecule has 16 heavy (non-hydrogen) atoms. The molecule has 0 aliphatic carbocycles. The summed E-state index contributed by atoms with van der Waals surface area (Å²) in [6.07, 6.45) is 0. The van der Waals surface area contributed by atoms with Crippen molar-refractivity contribution in [3.63, 3.8) is 0 Å². The van der Waals surface area contributed by atoms with Crippen LogP contribution in [-0.4, -0.2) is 16.1 Å². The molecule has 1 aromatic carbocycles. The van der Waals surface area contributed by atoms with E-state index in [2.05, 4.69) is 4.98 Å². The van der Waals surface area contributed by atoms with Crippen molar-refractivity contribution in [2.24, 2.45) is 0 Å². The van der Waals surface area contributed by atoms with Gasteiger partial charge in [-0.25, -0.2) is 14.2 Å². The Kier molecular flexibility index (Phi) is 2.69. The number of nitrogens with zero attached hydrogens (tertiary/aromatic N) is 1. The normalized spacial score (nSPS) is 10.7. The fraction of sp³-hybridized carbons (Fsp3) is 0. The third kappa shape index (κ3) is 1.81. The third-order valence-corrected chi connectivity index (χ3v) is 2.62. The van der Waals surface area contributed by atoms with E-state index in [9.17, 15) is 9.18 Å². The minimum absolute atomic E-state index is 0.0899. The van der Waals surface area contributed by atoms with Gasteiger partial charge in [0.2, 0.25) is 0 Å². The van der Waals surface area contributed by atoms with Crippen molar-refractivity contribution < 1.29 is 14.3 Å². The molecule has 0 bridgehead atoms. The molecule has 0 amide bonds. The number of carboxylic acids is 1. The zero-order valence-corrected chi connectivity index (χ0v) is 9.18. The number of fused-ring (bicyclic) bond motifs is 1. The Hall–Kier alpha value is -1.39. The lowest BCUT2D eigenvalue weighted by molar-refractivity contribution is 0.0697. The molecule has 0 aliphatic heterocycles. The fourth-order valence-electron chi connectivity index (χ4n) is 1.30. The summed E-state index contributed by atoms with van der Waals surface area (Å²) in [4.78, 5) is 14.6. The molecular formula is C10H4Cl2FNO2. The summed E-state index contributed by atoms with van der Waals surface area (Å²) in [7, 11) is 0. The van der Waals surface area contributed by atoms with Crippen LogP contribution in [0, 0.1) is 5.82 Å². The second-order valence-corrected chi connectivity index (χ2v) is 3.86. The number of carboxylic acid groups (broad SMARTS) is 1. The molecule has 1 N–H and O–H groups in total. The van der Waals surface area contributed by atoms with E-state index in [1.54, 1.807) is 0 Å². The maximum atomic E-state index is 13.1. The summed E-state index contributed by atoms with van der Waals surface area (Å²) >= 11 is 11.2. The number of hydrogen-bond donors (Lipinski definition) is 1. The van der Waals surface area contributed by atoms with Crippen LogP contribution in [-0.2, 0) is 0 Å². The van der Waals surface area contributed by atoms with Crippen molar-refractivity contribution in [1.29, 1.82) is 0 Å². The highest BCUT2D eigenvalue weighted by Crippen LogP contribution is 2.25. The number of pyridine rings is 1. The monoisotopic (exact) mass is 259 g/mol. The van der Waals surface area contributed by atoms with Gasteiger partial charge in [0.25, 0.3) is 0 Å². The molecule has 82 valence electrons. The number of benzene rings is 1. The third-order valence-electron chi connectivity index (χ3n) is 2.04. The van der Waals surface area contributed by atoms with Crippen molar-refractivity contribution in [1.82, 2.24) is 4.98 Å². The van der Waals surface area contributed by atoms with Crippen molar-refractivity contribution in [2.45, 2.75) is 0 Å². The molecule has 0 fully saturated rings. The average molecular weight is 260 g/mol. The van der Waals surface area contributed by atoms with E-state index in [0.29, 0.717) is 5.39 Å². The molecule has 1 aromatic heterocycles. The van der Waals surface area contributed by atoms with E-state index in [1.807, 2.05) is 0 Å². The Morgan fingerprint density at radius 3 is 2.62 bits per heavy atom. The zero-order valence-electron chi connectivity index (χ0n) is 7.67. The molecule has 0 aliphatic rings. The number of rotatable bonds is 1. The molecule has 0 atom stereocenters. The molecule has 2 rings (SSSR count). The van der Waals surface area contributed by atoms with Gasteiger partial charge in [-0.1, -0.05) is 23.2 Å². The molecule has 0 saturated carbocycles. The van der Waals surface area contributed by atoms with Crippen LogP contribution in [0.4, 0.5) is 4.39 Å². The first-order valence-corrected chi connectivity index (χ1v) is 4.93. The minimum Gasteiger partial charge on any atom is -0.478 e. The topological polar surface area (TPSA) is 50.2 Å². The van der Waals surface area contributed by atoms with Gasteiger partial charge < -0.3 is 5.11 Å². The van der Waals surface area contributed by atoms with Crippen LogP contribution in [0.1, 0.15) is 10.4 Å². The van der Waals surface area contributed by atoms with Crippen LogP contribution in [0.5, 0.6) is 0 Å². The first kappa shape index (κ1) is 11.1. The summed E-state index contributed by atoms with van der Waals surface area (Å²) in [6, 6.07) is 3.72. The van der Waals surface area contributed by atoms with Crippen molar-refractivity contribution >= 4 is 40.1 Å². The molecule has 1 heterocycles.